The summed E-state index contributed by atoms with van der Waals surface area (Å²) in [5.41, 5.74) is 1.01. The largest absolute Gasteiger partial charge is 0.356 e. The zero-order valence-corrected chi connectivity index (χ0v) is 17.3. The van der Waals surface area contributed by atoms with Crippen molar-refractivity contribution in [2.24, 2.45) is 11.8 Å². The van der Waals surface area contributed by atoms with Crippen molar-refractivity contribution < 1.29 is 9.59 Å². The third-order valence-electron chi connectivity index (χ3n) is 5.45. The summed E-state index contributed by atoms with van der Waals surface area (Å²) in [6.07, 6.45) is 8.65. The van der Waals surface area contributed by atoms with Crippen LogP contribution in [-0.2, 0) is 16.1 Å². The van der Waals surface area contributed by atoms with Crippen molar-refractivity contribution in [1.29, 1.82) is 0 Å². The Hall–Kier alpha value is -2.89. The van der Waals surface area contributed by atoms with Gasteiger partial charge in [-0.15, -0.1) is 0 Å². The first-order chi connectivity index (χ1) is 14.0. The molecule has 0 aliphatic carbocycles. The van der Waals surface area contributed by atoms with E-state index in [1.165, 1.54) is 0 Å². The lowest BCUT2D eigenvalue weighted by Gasteiger charge is -2.31. The van der Waals surface area contributed by atoms with E-state index < -0.39 is 0 Å². The Bertz CT molecular complexity index is 836. The first-order valence-corrected chi connectivity index (χ1v) is 10.3. The number of hydrogen-bond acceptors (Lipinski definition) is 3. The van der Waals surface area contributed by atoms with Gasteiger partial charge in [0.1, 0.15) is 5.82 Å². The fraction of sp³-hybridized carbons (Fsp3) is 0.435. The Balaban J connectivity index is 1.39. The van der Waals surface area contributed by atoms with E-state index in [-0.39, 0.29) is 17.7 Å². The second kappa shape index (κ2) is 10.0. The van der Waals surface area contributed by atoms with Crippen LogP contribution in [0.3, 0.4) is 0 Å². The molecule has 1 unspecified atom stereocenters. The summed E-state index contributed by atoms with van der Waals surface area (Å²) in [5.74, 6) is 1.42. The Labute approximate surface area is 172 Å². The topological polar surface area (TPSA) is 67.2 Å². The summed E-state index contributed by atoms with van der Waals surface area (Å²) in [6.45, 7) is 6.84. The van der Waals surface area contributed by atoms with E-state index in [0.717, 1.165) is 17.9 Å². The molecule has 1 fully saturated rings. The van der Waals surface area contributed by atoms with Crippen molar-refractivity contribution in [3.63, 3.8) is 0 Å². The summed E-state index contributed by atoms with van der Waals surface area (Å²) in [6, 6.07) is 9.79. The zero-order chi connectivity index (χ0) is 20.6. The maximum absolute atomic E-state index is 12.5. The van der Waals surface area contributed by atoms with Crippen LogP contribution in [0.25, 0.3) is 6.08 Å². The van der Waals surface area contributed by atoms with E-state index in [4.69, 9.17) is 0 Å². The summed E-state index contributed by atoms with van der Waals surface area (Å²) in [5, 5.41) is 3.08. The monoisotopic (exact) mass is 394 g/mol. The lowest BCUT2D eigenvalue weighted by Crippen LogP contribution is -2.43. The molecule has 2 heterocycles. The van der Waals surface area contributed by atoms with E-state index in [9.17, 15) is 9.59 Å². The number of nitrogens with zero attached hydrogens (tertiary/aromatic N) is 3. The molecule has 6 nitrogen and oxygen atoms in total. The molecular weight excluding hydrogens is 364 g/mol. The molecule has 1 aromatic carbocycles. The number of aryl methyl sites for hydroxylation is 1. The van der Waals surface area contributed by atoms with E-state index in [1.807, 2.05) is 54.4 Å². The van der Waals surface area contributed by atoms with Gasteiger partial charge in [-0.05, 0) is 37.3 Å². The number of piperidine rings is 1. The highest BCUT2D eigenvalue weighted by atomic mass is 16.2. The second-order valence-corrected chi connectivity index (χ2v) is 7.82. The molecule has 1 aliphatic rings. The Kier molecular flexibility index (Phi) is 7.22. The van der Waals surface area contributed by atoms with Crippen LogP contribution in [0, 0.1) is 18.8 Å². The number of rotatable bonds is 7. The second-order valence-electron chi connectivity index (χ2n) is 7.82. The van der Waals surface area contributed by atoms with Gasteiger partial charge in [-0.25, -0.2) is 4.98 Å². The Morgan fingerprint density at radius 2 is 1.97 bits per heavy atom. The van der Waals surface area contributed by atoms with E-state index in [2.05, 4.69) is 21.8 Å². The summed E-state index contributed by atoms with van der Waals surface area (Å²) in [7, 11) is 0. The van der Waals surface area contributed by atoms with Crippen LogP contribution < -0.4 is 5.32 Å². The van der Waals surface area contributed by atoms with E-state index in [0.29, 0.717) is 38.4 Å². The van der Waals surface area contributed by atoms with Crippen LogP contribution in [-0.4, -0.2) is 45.9 Å². The number of amides is 2. The molecule has 1 aromatic heterocycles. The van der Waals surface area contributed by atoms with Gasteiger partial charge >= 0.3 is 0 Å². The number of imidazole rings is 1. The molecule has 2 amide bonds. The average molecular weight is 395 g/mol. The van der Waals surface area contributed by atoms with Crippen LogP contribution in [0.4, 0.5) is 0 Å². The maximum atomic E-state index is 12.5. The van der Waals surface area contributed by atoms with Crippen LogP contribution in [0.15, 0.2) is 48.8 Å². The van der Waals surface area contributed by atoms with Crippen LogP contribution >= 0.6 is 0 Å². The first-order valence-electron chi connectivity index (χ1n) is 10.3. The van der Waals surface area contributed by atoms with Crippen LogP contribution in [0.1, 0.15) is 31.2 Å². The molecule has 0 bridgehead atoms. The Morgan fingerprint density at radius 3 is 2.62 bits per heavy atom. The number of hydrogen-bond donors (Lipinski definition) is 1. The molecule has 1 saturated heterocycles. The fourth-order valence-electron chi connectivity index (χ4n) is 3.62. The van der Waals surface area contributed by atoms with Crippen LogP contribution in [0.2, 0.25) is 0 Å². The van der Waals surface area contributed by atoms with Crippen molar-refractivity contribution in [2.45, 2.75) is 33.2 Å². The fourth-order valence-corrected chi connectivity index (χ4v) is 3.62. The summed E-state index contributed by atoms with van der Waals surface area (Å²) < 4.78 is 2.10. The molecule has 1 atom stereocenters. The smallest absolute Gasteiger partial charge is 0.246 e. The van der Waals surface area contributed by atoms with Gasteiger partial charge in [0.2, 0.25) is 11.8 Å². The predicted octanol–water partition coefficient (Wildman–Crippen LogP) is 2.90. The molecule has 6 heteroatoms. The third kappa shape index (κ3) is 6.04. The highest BCUT2D eigenvalue weighted by molar-refractivity contribution is 5.92. The minimum Gasteiger partial charge on any atom is -0.356 e. The average Bonchev–Trinajstić information content (AvgIpc) is 3.15. The van der Waals surface area contributed by atoms with Crippen molar-refractivity contribution in [3.05, 3.63) is 60.2 Å². The van der Waals surface area contributed by atoms with Crippen molar-refractivity contribution in [3.8, 4) is 0 Å². The van der Waals surface area contributed by atoms with Gasteiger partial charge in [-0.1, -0.05) is 37.3 Å². The first kappa shape index (κ1) is 20.8. The molecule has 0 saturated carbocycles. The van der Waals surface area contributed by atoms with Gasteiger partial charge < -0.3 is 14.8 Å². The van der Waals surface area contributed by atoms with Gasteiger partial charge in [0.15, 0.2) is 0 Å². The molecule has 154 valence electrons. The number of aromatic nitrogens is 2. The molecule has 3 rings (SSSR count). The molecular formula is C23H30N4O2. The minimum atomic E-state index is -0.0145. The molecule has 29 heavy (non-hydrogen) atoms. The lowest BCUT2D eigenvalue weighted by molar-refractivity contribution is -0.132. The summed E-state index contributed by atoms with van der Waals surface area (Å²) >= 11 is 0. The number of likely N-dealkylation sites (tertiary alicyclic amines) is 1. The normalized spacial score (nSPS) is 16.1. The van der Waals surface area contributed by atoms with E-state index in [1.54, 1.807) is 12.3 Å². The highest BCUT2D eigenvalue weighted by Crippen LogP contribution is 2.18. The van der Waals surface area contributed by atoms with Crippen molar-refractivity contribution in [2.75, 3.05) is 19.6 Å². The SMILES string of the molecule is Cc1nccn1CC(C)CNC(=O)C1CCN(C(=O)/C=C/c2ccccc2)CC1. The third-order valence-corrected chi connectivity index (χ3v) is 5.45. The quantitative estimate of drug-likeness (QED) is 0.735. The highest BCUT2D eigenvalue weighted by Gasteiger charge is 2.26. The number of carbonyl (C=O) groups excluding carboxylic acids is 2. The maximum Gasteiger partial charge on any atom is 0.246 e. The molecule has 0 spiro atoms. The van der Waals surface area contributed by atoms with Gasteiger partial charge in [-0.3, -0.25) is 9.59 Å². The van der Waals surface area contributed by atoms with Crippen molar-refractivity contribution >= 4 is 17.9 Å². The molecule has 0 radical (unpaired) electrons. The van der Waals surface area contributed by atoms with Gasteiger partial charge in [0.25, 0.3) is 0 Å². The molecule has 2 aromatic rings. The number of carbonyl (C=O) groups is 2. The van der Waals surface area contributed by atoms with Crippen LogP contribution in [0.5, 0.6) is 0 Å². The molecule has 1 N–H and O–H groups in total. The lowest BCUT2D eigenvalue weighted by atomic mass is 9.95. The number of nitrogens with one attached hydrogen (secondary N) is 1. The standard InChI is InChI=1S/C23H30N4O2/c1-18(17-27-15-12-24-19(27)2)16-25-23(29)21-10-13-26(14-11-21)22(28)9-8-20-6-4-3-5-7-20/h3-9,12,15,18,21H,10-11,13-14,16-17H2,1-2H3,(H,25,29)/b9-8+. The number of benzene rings is 1. The summed E-state index contributed by atoms with van der Waals surface area (Å²) in [4.78, 5) is 30.9. The Morgan fingerprint density at radius 1 is 1.24 bits per heavy atom. The van der Waals surface area contributed by atoms with Gasteiger partial charge in [0.05, 0.1) is 0 Å². The van der Waals surface area contributed by atoms with Gasteiger partial charge in [0, 0.05) is 50.6 Å². The van der Waals surface area contributed by atoms with E-state index >= 15 is 0 Å². The predicted molar refractivity (Wildman–Crippen MR) is 114 cm³/mol. The molecule has 1 aliphatic heterocycles. The minimum absolute atomic E-state index is 0.0111. The van der Waals surface area contributed by atoms with Gasteiger partial charge in [-0.2, -0.15) is 0 Å². The zero-order valence-electron chi connectivity index (χ0n) is 17.3. The van der Waals surface area contributed by atoms with Crippen molar-refractivity contribution in [1.82, 2.24) is 19.8 Å².